The van der Waals surface area contributed by atoms with E-state index in [4.69, 9.17) is 40.5 Å². The minimum Gasteiger partial charge on any atom is -0.398 e. The number of nitrogens with one attached hydrogen (secondary N) is 1. The number of anilines is 2. The Labute approximate surface area is 129 Å². The van der Waals surface area contributed by atoms with Gasteiger partial charge in [0.2, 0.25) is 0 Å². The molecule has 0 atom stereocenters. The first-order valence-electron chi connectivity index (χ1n) is 4.81. The number of nitrogen functional groups attached to an aromatic ring is 1. The van der Waals surface area contributed by atoms with Crippen LogP contribution in [-0.2, 0) is 10.0 Å². The Morgan fingerprint density at radius 1 is 1.11 bits per heavy atom. The summed E-state index contributed by atoms with van der Waals surface area (Å²) in [7, 11) is -3.77. The van der Waals surface area contributed by atoms with Gasteiger partial charge < -0.3 is 5.73 Å². The third-order valence-corrected chi connectivity index (χ3v) is 5.73. The van der Waals surface area contributed by atoms with Crippen molar-refractivity contribution in [1.82, 2.24) is 0 Å². The van der Waals surface area contributed by atoms with Gasteiger partial charge in [0.05, 0.1) is 15.7 Å². The van der Waals surface area contributed by atoms with E-state index >= 15 is 0 Å². The van der Waals surface area contributed by atoms with Crippen molar-refractivity contribution in [3.63, 3.8) is 0 Å². The van der Waals surface area contributed by atoms with Crippen LogP contribution in [0.4, 0.5) is 11.4 Å². The molecule has 3 N–H and O–H groups in total. The Kier molecular flexibility index (Phi) is 4.17. The summed E-state index contributed by atoms with van der Waals surface area (Å²) in [6.07, 6.45) is 0. The number of nitrogens with two attached hydrogens (primary N) is 1. The van der Waals surface area contributed by atoms with Gasteiger partial charge in [-0.25, -0.2) is 8.42 Å². The van der Waals surface area contributed by atoms with Crippen LogP contribution in [-0.4, -0.2) is 8.42 Å². The number of sulfonamides is 1. The molecule has 0 fully saturated rings. The summed E-state index contributed by atoms with van der Waals surface area (Å²) >= 11 is 18.6. The molecule has 0 aliphatic rings. The fourth-order valence-electron chi connectivity index (χ4n) is 1.30. The molecule has 0 saturated heterocycles. The van der Waals surface area contributed by atoms with Gasteiger partial charge in [-0.3, -0.25) is 4.72 Å². The first kappa shape index (κ1) is 14.7. The number of thiophene rings is 1. The lowest BCUT2D eigenvalue weighted by molar-refractivity contribution is 0.603. The topological polar surface area (TPSA) is 72.2 Å². The van der Waals surface area contributed by atoms with Crippen molar-refractivity contribution in [3.8, 4) is 0 Å². The van der Waals surface area contributed by atoms with Crippen molar-refractivity contribution < 1.29 is 8.42 Å². The van der Waals surface area contributed by atoms with Crippen LogP contribution >= 0.6 is 46.1 Å². The van der Waals surface area contributed by atoms with Gasteiger partial charge in [-0.05, 0) is 18.2 Å². The average Bonchev–Trinajstić information content (AvgIpc) is 2.71. The monoisotopic (exact) mass is 356 g/mol. The van der Waals surface area contributed by atoms with Crippen LogP contribution in [0.25, 0.3) is 0 Å². The summed E-state index contributed by atoms with van der Waals surface area (Å²) in [4.78, 5) is 0. The molecule has 1 aromatic heterocycles. The van der Waals surface area contributed by atoms with E-state index in [0.29, 0.717) is 10.7 Å². The highest BCUT2D eigenvalue weighted by atomic mass is 35.5. The Hall–Kier alpha value is -0.660. The zero-order valence-corrected chi connectivity index (χ0v) is 13.1. The molecule has 1 aromatic carbocycles. The second kappa shape index (κ2) is 5.38. The molecule has 0 amide bonds. The van der Waals surface area contributed by atoms with Gasteiger partial charge in [-0.2, -0.15) is 0 Å². The second-order valence-electron chi connectivity index (χ2n) is 3.55. The van der Waals surface area contributed by atoms with E-state index in [-0.39, 0.29) is 19.9 Å². The maximum Gasteiger partial charge on any atom is 0.271 e. The maximum atomic E-state index is 12.1. The second-order valence-corrected chi connectivity index (χ2v) is 7.62. The Bertz CT molecular complexity index is 705. The van der Waals surface area contributed by atoms with Gasteiger partial charge in [0.1, 0.15) is 4.21 Å². The molecule has 102 valence electrons. The lowest BCUT2D eigenvalue weighted by Crippen LogP contribution is -2.12. The van der Waals surface area contributed by atoms with Gasteiger partial charge in [0.15, 0.2) is 0 Å². The van der Waals surface area contributed by atoms with Crippen LogP contribution in [0, 0.1) is 0 Å². The fourth-order valence-corrected chi connectivity index (χ4v) is 4.50. The summed E-state index contributed by atoms with van der Waals surface area (Å²) in [5.41, 5.74) is 5.95. The zero-order chi connectivity index (χ0) is 14.2. The van der Waals surface area contributed by atoms with Gasteiger partial charge in [0.25, 0.3) is 10.0 Å². The molecule has 4 nitrogen and oxygen atoms in total. The number of hydrogen-bond acceptors (Lipinski definition) is 4. The van der Waals surface area contributed by atoms with Gasteiger partial charge in [-0.15, -0.1) is 11.3 Å². The lowest BCUT2D eigenvalue weighted by Gasteiger charge is -2.10. The van der Waals surface area contributed by atoms with Crippen LogP contribution in [0.2, 0.25) is 15.1 Å². The van der Waals surface area contributed by atoms with E-state index in [9.17, 15) is 8.42 Å². The smallest absolute Gasteiger partial charge is 0.271 e. The molecule has 2 rings (SSSR count). The van der Waals surface area contributed by atoms with Crippen molar-refractivity contribution in [2.75, 3.05) is 10.5 Å². The summed E-state index contributed by atoms with van der Waals surface area (Å²) in [5.74, 6) is 0. The Morgan fingerprint density at radius 3 is 2.16 bits per heavy atom. The fraction of sp³-hybridized carbons (Fsp3) is 0. The highest BCUT2D eigenvalue weighted by molar-refractivity contribution is 7.94. The SMILES string of the molecule is Nc1csc(S(=O)(=O)Nc2c(Cl)cc(Cl)cc2Cl)c1. The molecule has 19 heavy (non-hydrogen) atoms. The average molecular weight is 358 g/mol. The molecule has 0 radical (unpaired) electrons. The summed E-state index contributed by atoms with van der Waals surface area (Å²) in [6, 6.07) is 4.15. The molecular formula is C10H7Cl3N2O2S2. The van der Waals surface area contributed by atoms with Crippen LogP contribution in [0.5, 0.6) is 0 Å². The van der Waals surface area contributed by atoms with Crippen LogP contribution in [0.1, 0.15) is 0 Å². The first-order chi connectivity index (χ1) is 8.79. The predicted octanol–water partition coefficient (Wildman–Crippen LogP) is 4.09. The molecule has 1 heterocycles. The van der Waals surface area contributed by atoms with Gasteiger partial charge in [0, 0.05) is 16.1 Å². The van der Waals surface area contributed by atoms with Crippen LogP contribution in [0.3, 0.4) is 0 Å². The van der Waals surface area contributed by atoms with E-state index in [1.165, 1.54) is 23.6 Å². The molecule has 9 heteroatoms. The summed E-state index contributed by atoms with van der Waals surface area (Å²) in [6.45, 7) is 0. The third-order valence-electron chi connectivity index (χ3n) is 2.10. The Morgan fingerprint density at radius 2 is 1.68 bits per heavy atom. The van der Waals surface area contributed by atoms with E-state index < -0.39 is 10.0 Å². The van der Waals surface area contributed by atoms with Crippen molar-refractivity contribution in [2.24, 2.45) is 0 Å². The van der Waals surface area contributed by atoms with Crippen LogP contribution in [0.15, 0.2) is 27.8 Å². The number of rotatable bonds is 3. The standard InChI is InChI=1S/C10H7Cl3N2O2S2/c11-5-1-7(12)10(8(13)2-5)15-19(16,17)9-3-6(14)4-18-9/h1-4,15H,14H2. The number of hydrogen-bond donors (Lipinski definition) is 2. The third kappa shape index (κ3) is 3.27. The largest absolute Gasteiger partial charge is 0.398 e. The van der Waals surface area contributed by atoms with E-state index in [1.807, 2.05) is 0 Å². The highest BCUT2D eigenvalue weighted by Crippen LogP contribution is 2.35. The minimum absolute atomic E-state index is 0.0760. The zero-order valence-electron chi connectivity index (χ0n) is 9.15. The normalized spacial score (nSPS) is 11.5. The Balaban J connectivity index is 2.41. The molecular weight excluding hydrogens is 351 g/mol. The molecule has 0 bridgehead atoms. The molecule has 0 spiro atoms. The number of benzene rings is 1. The molecule has 2 aromatic rings. The van der Waals surface area contributed by atoms with E-state index in [0.717, 1.165) is 11.3 Å². The van der Waals surface area contributed by atoms with E-state index in [2.05, 4.69) is 4.72 Å². The summed E-state index contributed by atoms with van der Waals surface area (Å²) < 4.78 is 26.6. The van der Waals surface area contributed by atoms with E-state index in [1.54, 1.807) is 0 Å². The van der Waals surface area contributed by atoms with Crippen molar-refractivity contribution >= 4 is 67.5 Å². The van der Waals surface area contributed by atoms with Crippen molar-refractivity contribution in [3.05, 3.63) is 38.6 Å². The number of halogens is 3. The lowest BCUT2D eigenvalue weighted by atomic mass is 10.3. The highest BCUT2D eigenvalue weighted by Gasteiger charge is 2.20. The minimum atomic E-state index is -3.77. The maximum absolute atomic E-state index is 12.1. The van der Waals surface area contributed by atoms with Gasteiger partial charge >= 0.3 is 0 Å². The first-order valence-corrected chi connectivity index (χ1v) is 8.30. The van der Waals surface area contributed by atoms with Crippen molar-refractivity contribution in [2.45, 2.75) is 4.21 Å². The molecule has 0 saturated carbocycles. The van der Waals surface area contributed by atoms with Crippen molar-refractivity contribution in [1.29, 1.82) is 0 Å². The van der Waals surface area contributed by atoms with Gasteiger partial charge in [-0.1, -0.05) is 34.8 Å². The predicted molar refractivity (Wildman–Crippen MR) is 81.0 cm³/mol. The molecule has 0 aliphatic carbocycles. The quantitative estimate of drug-likeness (QED) is 0.869. The molecule has 0 aliphatic heterocycles. The summed E-state index contributed by atoms with van der Waals surface area (Å²) in [5, 5.41) is 2.08. The van der Waals surface area contributed by atoms with Crippen LogP contribution < -0.4 is 10.5 Å². The molecule has 0 unspecified atom stereocenters.